The molecule has 4 fully saturated rings. The Morgan fingerprint density at radius 2 is 1.94 bits per heavy atom. The van der Waals surface area contributed by atoms with Crippen LogP contribution in [0.3, 0.4) is 0 Å². The zero-order valence-electron chi connectivity index (χ0n) is 10.5. The Kier molecular flexibility index (Phi) is 2.24. The van der Waals surface area contributed by atoms with E-state index in [1.54, 1.807) is 0 Å². The topological polar surface area (TPSA) is 46.6 Å². The van der Waals surface area contributed by atoms with Crippen molar-refractivity contribution in [3.63, 3.8) is 0 Å². The highest BCUT2D eigenvalue weighted by atomic mass is 16.6. The van der Waals surface area contributed by atoms with Crippen molar-refractivity contribution < 1.29 is 14.3 Å². The minimum Gasteiger partial charge on any atom is -0.462 e. The fourth-order valence-electron chi connectivity index (χ4n) is 4.67. The summed E-state index contributed by atoms with van der Waals surface area (Å²) in [6.45, 7) is 1.77. The van der Waals surface area contributed by atoms with Crippen molar-refractivity contribution in [1.82, 2.24) is 4.90 Å². The van der Waals surface area contributed by atoms with Crippen LogP contribution in [0.5, 0.6) is 0 Å². The van der Waals surface area contributed by atoms with E-state index in [2.05, 4.69) is 0 Å². The fraction of sp³-hybridized carbons (Fsp3) is 0.857. The van der Waals surface area contributed by atoms with Crippen molar-refractivity contribution >= 4 is 11.9 Å². The zero-order chi connectivity index (χ0) is 12.3. The van der Waals surface area contributed by atoms with Crippen LogP contribution in [0.15, 0.2) is 0 Å². The van der Waals surface area contributed by atoms with Crippen molar-refractivity contribution in [3.8, 4) is 0 Å². The van der Waals surface area contributed by atoms with Crippen molar-refractivity contribution in [1.29, 1.82) is 0 Å². The quantitative estimate of drug-likeness (QED) is 0.656. The summed E-state index contributed by atoms with van der Waals surface area (Å²) in [5.41, 5.74) is 0. The summed E-state index contributed by atoms with van der Waals surface area (Å²) < 4.78 is 5.40. The number of hydrogen-bond acceptors (Lipinski definition) is 3. The molecule has 2 saturated carbocycles. The maximum Gasteiger partial charge on any atom is 0.310 e. The first kappa shape index (κ1) is 10.8. The van der Waals surface area contributed by atoms with Crippen LogP contribution in [-0.4, -0.2) is 36.0 Å². The van der Waals surface area contributed by atoms with E-state index in [4.69, 9.17) is 4.74 Å². The second kappa shape index (κ2) is 3.72. The highest BCUT2D eigenvalue weighted by Crippen LogP contribution is 2.58. The molecule has 1 amide bonds. The molecular weight excluding hydrogens is 230 g/mol. The van der Waals surface area contributed by atoms with Gasteiger partial charge in [-0.05, 0) is 38.0 Å². The number of nitrogens with zero attached hydrogens (tertiary/aromatic N) is 1. The number of ether oxygens (including phenoxy) is 1. The van der Waals surface area contributed by atoms with Gasteiger partial charge in [-0.15, -0.1) is 0 Å². The Bertz CT molecular complexity index is 400. The average molecular weight is 249 g/mol. The molecule has 4 aliphatic rings. The molecule has 0 spiro atoms. The SMILES string of the molecule is O=C1O[C@@H]2C[C@@H]3C[C@@H]2[C@H]1[C@@H]3C(=O)N1CCCCC1. The zero-order valence-corrected chi connectivity index (χ0v) is 10.5. The van der Waals surface area contributed by atoms with Gasteiger partial charge in [-0.25, -0.2) is 0 Å². The summed E-state index contributed by atoms with van der Waals surface area (Å²) in [5.74, 6) is 0.736. The third-order valence-electron chi connectivity index (χ3n) is 5.44. The fourth-order valence-corrected chi connectivity index (χ4v) is 4.67. The van der Waals surface area contributed by atoms with Gasteiger partial charge in [0, 0.05) is 19.0 Å². The molecule has 98 valence electrons. The third-order valence-corrected chi connectivity index (χ3v) is 5.44. The molecule has 4 heteroatoms. The Morgan fingerprint density at radius 3 is 2.72 bits per heavy atom. The molecule has 0 aromatic rings. The van der Waals surface area contributed by atoms with Crippen molar-refractivity contribution in [2.24, 2.45) is 23.7 Å². The van der Waals surface area contributed by atoms with E-state index in [1.165, 1.54) is 6.42 Å². The number of amides is 1. The first-order valence-corrected chi connectivity index (χ1v) is 7.25. The van der Waals surface area contributed by atoms with Gasteiger partial charge in [0.05, 0.1) is 11.8 Å². The molecular formula is C14H19NO3. The van der Waals surface area contributed by atoms with Crippen molar-refractivity contribution in [2.45, 2.75) is 38.2 Å². The number of hydrogen-bond donors (Lipinski definition) is 0. The highest BCUT2D eigenvalue weighted by Gasteiger charge is 2.64. The van der Waals surface area contributed by atoms with Crippen LogP contribution in [0.1, 0.15) is 32.1 Å². The summed E-state index contributed by atoms with van der Waals surface area (Å²) >= 11 is 0. The lowest BCUT2D eigenvalue weighted by atomic mass is 9.79. The molecule has 0 unspecified atom stereocenters. The molecule has 18 heavy (non-hydrogen) atoms. The summed E-state index contributed by atoms with van der Waals surface area (Å²) in [4.78, 5) is 26.5. The Morgan fingerprint density at radius 1 is 1.17 bits per heavy atom. The molecule has 2 heterocycles. The van der Waals surface area contributed by atoms with Gasteiger partial charge in [-0.1, -0.05) is 0 Å². The van der Waals surface area contributed by atoms with Gasteiger partial charge in [-0.3, -0.25) is 9.59 Å². The van der Waals surface area contributed by atoms with Crippen LogP contribution in [0.25, 0.3) is 0 Å². The lowest BCUT2D eigenvalue weighted by molar-refractivity contribution is -0.148. The Hall–Kier alpha value is -1.06. The molecule has 2 bridgehead atoms. The summed E-state index contributed by atoms with van der Waals surface area (Å²) in [5, 5.41) is 0. The number of carbonyl (C=O) groups excluding carboxylic acids is 2. The van der Waals surface area contributed by atoms with Crippen LogP contribution in [0, 0.1) is 23.7 Å². The van der Waals surface area contributed by atoms with Crippen LogP contribution in [-0.2, 0) is 14.3 Å². The lowest BCUT2D eigenvalue weighted by Gasteiger charge is -2.33. The second-order valence-corrected chi connectivity index (χ2v) is 6.31. The minimum absolute atomic E-state index is 0.0562. The second-order valence-electron chi connectivity index (χ2n) is 6.31. The number of fused-ring (bicyclic) bond motifs is 1. The molecule has 2 aliphatic heterocycles. The normalized spacial score (nSPS) is 45.4. The molecule has 2 saturated heterocycles. The average Bonchev–Trinajstić information content (AvgIpc) is 3.00. The molecule has 0 aromatic heterocycles. The number of likely N-dealkylation sites (tertiary alicyclic amines) is 1. The van der Waals surface area contributed by atoms with Gasteiger partial charge in [0.15, 0.2) is 0 Å². The predicted molar refractivity (Wildman–Crippen MR) is 63.5 cm³/mol. The standard InChI is InChI=1S/C14H19NO3/c16-13(15-4-2-1-3-5-15)11-8-6-9-10(7-8)18-14(17)12(9)11/h8-12H,1-7H2/t8-,9-,10+,11+,12-/m0/s1. The maximum absolute atomic E-state index is 12.6. The van der Waals surface area contributed by atoms with E-state index < -0.39 is 0 Å². The van der Waals surface area contributed by atoms with Crippen LogP contribution < -0.4 is 0 Å². The number of piperidine rings is 1. The Balaban J connectivity index is 1.57. The lowest BCUT2D eigenvalue weighted by Crippen LogP contribution is -2.44. The molecule has 4 nitrogen and oxygen atoms in total. The van der Waals surface area contributed by atoms with Crippen molar-refractivity contribution in [2.75, 3.05) is 13.1 Å². The highest BCUT2D eigenvalue weighted by molar-refractivity contribution is 5.88. The smallest absolute Gasteiger partial charge is 0.310 e. The largest absolute Gasteiger partial charge is 0.462 e. The van der Waals surface area contributed by atoms with Gasteiger partial charge in [-0.2, -0.15) is 0 Å². The van der Waals surface area contributed by atoms with Gasteiger partial charge >= 0.3 is 5.97 Å². The monoisotopic (exact) mass is 249 g/mol. The number of rotatable bonds is 1. The minimum atomic E-state index is -0.108. The number of esters is 1. The maximum atomic E-state index is 12.6. The van der Waals surface area contributed by atoms with Gasteiger partial charge in [0.2, 0.25) is 5.91 Å². The van der Waals surface area contributed by atoms with Crippen LogP contribution >= 0.6 is 0 Å². The molecule has 5 atom stereocenters. The van der Waals surface area contributed by atoms with Gasteiger partial charge in [0.25, 0.3) is 0 Å². The molecule has 0 aromatic carbocycles. The first-order chi connectivity index (χ1) is 8.75. The Labute approximate surface area is 107 Å². The van der Waals surface area contributed by atoms with E-state index in [0.717, 1.165) is 38.8 Å². The van der Waals surface area contributed by atoms with E-state index in [1.807, 2.05) is 4.90 Å². The molecule has 2 aliphatic carbocycles. The van der Waals surface area contributed by atoms with Gasteiger partial charge in [0.1, 0.15) is 6.10 Å². The summed E-state index contributed by atoms with van der Waals surface area (Å²) in [6, 6.07) is 0. The van der Waals surface area contributed by atoms with E-state index in [0.29, 0.717) is 11.8 Å². The third kappa shape index (κ3) is 1.32. The summed E-state index contributed by atoms with van der Waals surface area (Å²) in [7, 11) is 0. The van der Waals surface area contributed by atoms with E-state index in [9.17, 15) is 9.59 Å². The number of carbonyl (C=O) groups is 2. The molecule has 4 rings (SSSR count). The first-order valence-electron chi connectivity index (χ1n) is 7.25. The van der Waals surface area contributed by atoms with E-state index >= 15 is 0 Å². The molecule has 0 N–H and O–H groups in total. The van der Waals surface area contributed by atoms with E-state index in [-0.39, 0.29) is 29.8 Å². The summed E-state index contributed by atoms with van der Waals surface area (Å²) in [6.07, 6.45) is 5.56. The predicted octanol–water partition coefficient (Wildman–Crippen LogP) is 1.20. The van der Waals surface area contributed by atoms with Crippen molar-refractivity contribution in [3.05, 3.63) is 0 Å². The van der Waals surface area contributed by atoms with Crippen LogP contribution in [0.4, 0.5) is 0 Å². The van der Waals surface area contributed by atoms with Gasteiger partial charge < -0.3 is 9.64 Å². The van der Waals surface area contributed by atoms with Crippen LogP contribution in [0.2, 0.25) is 0 Å². The molecule has 0 radical (unpaired) electrons.